The first-order valence-corrected chi connectivity index (χ1v) is 9.82. The summed E-state index contributed by atoms with van der Waals surface area (Å²) in [4.78, 5) is 19.0. The molecule has 4 nitrogen and oxygen atoms in total. The highest BCUT2D eigenvalue weighted by Crippen LogP contribution is 2.38. The molecule has 1 saturated heterocycles. The smallest absolute Gasteiger partial charge is 0.410 e. The molecule has 2 aliphatic rings. The zero-order chi connectivity index (χ0) is 17.9. The first-order valence-electron chi connectivity index (χ1n) is 9.03. The number of hydrogen-bond acceptors (Lipinski definition) is 3. The van der Waals surface area contributed by atoms with Crippen LogP contribution in [-0.4, -0.2) is 28.1 Å². The zero-order valence-electron chi connectivity index (χ0n) is 14.5. The van der Waals surface area contributed by atoms with Crippen molar-refractivity contribution >= 4 is 27.6 Å². The quantitative estimate of drug-likeness (QED) is 0.651. The summed E-state index contributed by atoms with van der Waals surface area (Å²) in [7, 11) is 0. The number of rotatable bonds is 3. The lowest BCUT2D eigenvalue weighted by molar-refractivity contribution is 0.0510. The lowest BCUT2D eigenvalue weighted by Crippen LogP contribution is -2.51. The minimum atomic E-state index is -0.205. The molecule has 134 valence electrons. The Morgan fingerprint density at radius 2 is 2.04 bits per heavy atom. The van der Waals surface area contributed by atoms with Crippen LogP contribution in [0.2, 0.25) is 0 Å². The Morgan fingerprint density at radius 3 is 2.81 bits per heavy atom. The minimum absolute atomic E-state index is 0.105. The van der Waals surface area contributed by atoms with Crippen LogP contribution in [0.1, 0.15) is 36.8 Å². The largest absolute Gasteiger partial charge is 0.445 e. The van der Waals surface area contributed by atoms with Gasteiger partial charge in [0.05, 0.1) is 6.04 Å². The Balaban J connectivity index is 1.51. The second kappa shape index (κ2) is 7.62. The van der Waals surface area contributed by atoms with E-state index in [-0.39, 0.29) is 18.2 Å². The normalized spacial score (nSPS) is 21.9. The monoisotopic (exact) mass is 412 g/mol. The minimum Gasteiger partial charge on any atom is -0.445 e. The second-order valence-electron chi connectivity index (χ2n) is 6.84. The highest BCUT2D eigenvalue weighted by molar-refractivity contribution is 9.10. The van der Waals surface area contributed by atoms with E-state index in [9.17, 15) is 4.79 Å². The fourth-order valence-corrected chi connectivity index (χ4v) is 4.44. The molecule has 1 amide bonds. The van der Waals surface area contributed by atoms with Crippen molar-refractivity contribution in [3.63, 3.8) is 0 Å². The molecule has 2 aliphatic heterocycles. The van der Waals surface area contributed by atoms with Crippen LogP contribution in [0.25, 0.3) is 5.57 Å². The van der Waals surface area contributed by atoms with Crippen LogP contribution in [0.15, 0.2) is 59.3 Å². The molecule has 0 spiro atoms. The molecule has 2 bridgehead atoms. The van der Waals surface area contributed by atoms with Crippen molar-refractivity contribution in [1.29, 1.82) is 0 Å². The molecule has 2 atom stereocenters. The molecule has 1 aromatic carbocycles. The van der Waals surface area contributed by atoms with Gasteiger partial charge in [-0.3, -0.25) is 4.90 Å². The predicted molar refractivity (Wildman–Crippen MR) is 104 cm³/mol. The molecule has 2 aromatic rings. The van der Waals surface area contributed by atoms with E-state index in [2.05, 4.69) is 33.1 Å². The number of benzene rings is 1. The van der Waals surface area contributed by atoms with Crippen LogP contribution >= 0.6 is 15.9 Å². The van der Waals surface area contributed by atoms with Gasteiger partial charge >= 0.3 is 6.09 Å². The first kappa shape index (κ1) is 17.3. The molecule has 0 saturated carbocycles. The summed E-state index contributed by atoms with van der Waals surface area (Å²) in [6, 6.07) is 14.2. The number of nitrogens with zero attached hydrogens (tertiary/aromatic N) is 2. The standard InChI is InChI=1S/C21H21BrN2O2/c22-20-19(10-5-11-23-20)16-12-17-8-4-9-18(13-16)24(17)21(25)26-14-15-6-2-1-3-7-15/h1-3,5-7,10-12,17-18H,4,8-9,13-14H2. The molecular weight excluding hydrogens is 392 g/mol. The van der Waals surface area contributed by atoms with Gasteiger partial charge in [0.25, 0.3) is 0 Å². The van der Waals surface area contributed by atoms with E-state index in [0.29, 0.717) is 6.61 Å². The van der Waals surface area contributed by atoms with E-state index >= 15 is 0 Å². The van der Waals surface area contributed by atoms with E-state index in [4.69, 9.17) is 4.74 Å². The van der Waals surface area contributed by atoms with Crippen LogP contribution < -0.4 is 0 Å². The number of hydrogen-bond donors (Lipinski definition) is 0. The Bertz CT molecular complexity index is 822. The highest BCUT2D eigenvalue weighted by atomic mass is 79.9. The van der Waals surface area contributed by atoms with Gasteiger partial charge < -0.3 is 4.74 Å². The number of amides is 1. The third-order valence-corrected chi connectivity index (χ3v) is 5.79. The van der Waals surface area contributed by atoms with Gasteiger partial charge in [0.2, 0.25) is 0 Å². The SMILES string of the molecule is O=C(OCc1ccccc1)N1C2C=C(c3cccnc3Br)CC1CCC2. The van der Waals surface area contributed by atoms with Crippen LogP contribution in [0, 0.1) is 0 Å². The van der Waals surface area contributed by atoms with Crippen molar-refractivity contribution in [3.8, 4) is 0 Å². The maximum Gasteiger partial charge on any atom is 0.410 e. The third kappa shape index (κ3) is 3.54. The first-order chi connectivity index (χ1) is 12.7. The molecule has 3 heterocycles. The average molecular weight is 413 g/mol. The van der Waals surface area contributed by atoms with Gasteiger partial charge in [0.1, 0.15) is 11.2 Å². The maximum atomic E-state index is 12.7. The Morgan fingerprint density at radius 1 is 1.19 bits per heavy atom. The van der Waals surface area contributed by atoms with Gasteiger partial charge in [-0.1, -0.05) is 42.5 Å². The Labute approximate surface area is 162 Å². The number of halogens is 1. The topological polar surface area (TPSA) is 42.4 Å². The van der Waals surface area contributed by atoms with Gasteiger partial charge in [0.15, 0.2) is 0 Å². The van der Waals surface area contributed by atoms with Crippen LogP contribution in [-0.2, 0) is 11.3 Å². The van der Waals surface area contributed by atoms with E-state index in [0.717, 1.165) is 41.4 Å². The Hall–Kier alpha value is -2.14. The van der Waals surface area contributed by atoms with Crippen molar-refractivity contribution in [2.75, 3.05) is 0 Å². The van der Waals surface area contributed by atoms with Crippen molar-refractivity contribution in [2.45, 2.75) is 44.4 Å². The summed E-state index contributed by atoms with van der Waals surface area (Å²) in [5.74, 6) is 0. The summed E-state index contributed by atoms with van der Waals surface area (Å²) >= 11 is 3.55. The fraction of sp³-hybridized carbons (Fsp3) is 0.333. The molecule has 5 heteroatoms. The molecule has 26 heavy (non-hydrogen) atoms. The number of fused-ring (bicyclic) bond motifs is 2. The number of carbonyl (C=O) groups excluding carboxylic acids is 1. The van der Waals surface area contributed by atoms with E-state index in [1.54, 1.807) is 6.20 Å². The zero-order valence-corrected chi connectivity index (χ0v) is 16.1. The van der Waals surface area contributed by atoms with Crippen molar-refractivity contribution < 1.29 is 9.53 Å². The number of pyridine rings is 1. The average Bonchev–Trinajstić information content (AvgIpc) is 2.66. The van der Waals surface area contributed by atoms with Gasteiger partial charge in [-0.2, -0.15) is 0 Å². The van der Waals surface area contributed by atoms with Crippen molar-refractivity contribution in [3.05, 3.63) is 70.5 Å². The molecule has 4 rings (SSSR count). The van der Waals surface area contributed by atoms with E-state index < -0.39 is 0 Å². The van der Waals surface area contributed by atoms with Gasteiger partial charge in [-0.05, 0) is 58.8 Å². The molecule has 0 N–H and O–H groups in total. The summed E-state index contributed by atoms with van der Waals surface area (Å²) < 4.78 is 6.47. The lowest BCUT2D eigenvalue weighted by atomic mass is 9.83. The third-order valence-electron chi connectivity index (χ3n) is 5.16. The van der Waals surface area contributed by atoms with E-state index in [1.165, 1.54) is 5.57 Å². The van der Waals surface area contributed by atoms with Gasteiger partial charge in [0, 0.05) is 17.8 Å². The van der Waals surface area contributed by atoms with Gasteiger partial charge in [-0.15, -0.1) is 0 Å². The fourth-order valence-electron chi connectivity index (χ4n) is 3.93. The van der Waals surface area contributed by atoms with Crippen LogP contribution in [0.3, 0.4) is 0 Å². The summed E-state index contributed by atoms with van der Waals surface area (Å²) in [5, 5.41) is 0. The Kier molecular flexibility index (Phi) is 5.07. The second-order valence-corrected chi connectivity index (χ2v) is 7.59. The van der Waals surface area contributed by atoms with Crippen LogP contribution in [0.4, 0.5) is 4.79 Å². The highest BCUT2D eigenvalue weighted by Gasteiger charge is 2.38. The molecule has 0 aliphatic carbocycles. The summed E-state index contributed by atoms with van der Waals surface area (Å²) in [5.41, 5.74) is 3.41. The van der Waals surface area contributed by atoms with Crippen LogP contribution in [0.5, 0.6) is 0 Å². The molecule has 0 radical (unpaired) electrons. The molecule has 1 fully saturated rings. The molecule has 2 unspecified atom stereocenters. The van der Waals surface area contributed by atoms with Crippen molar-refractivity contribution in [2.24, 2.45) is 0 Å². The number of carbonyl (C=O) groups is 1. The van der Waals surface area contributed by atoms with Crippen molar-refractivity contribution in [1.82, 2.24) is 9.88 Å². The maximum absolute atomic E-state index is 12.7. The molecule has 1 aromatic heterocycles. The lowest BCUT2D eigenvalue weighted by Gasteiger charge is -2.44. The van der Waals surface area contributed by atoms with E-state index in [1.807, 2.05) is 41.3 Å². The number of ether oxygens (including phenoxy) is 1. The number of piperidine rings is 1. The summed E-state index contributed by atoms with van der Waals surface area (Å²) in [6.07, 6.45) is 7.80. The van der Waals surface area contributed by atoms with Gasteiger partial charge in [-0.25, -0.2) is 9.78 Å². The number of aromatic nitrogens is 1. The predicted octanol–water partition coefficient (Wildman–Crippen LogP) is 5.19. The summed E-state index contributed by atoms with van der Waals surface area (Å²) in [6.45, 7) is 0.320. The molecular formula is C21H21BrN2O2.